The molecule has 2 aromatic carbocycles. The van der Waals surface area contributed by atoms with Crippen LogP contribution in [-0.4, -0.2) is 34.6 Å². The minimum absolute atomic E-state index is 0.0999. The number of halogens is 2. The van der Waals surface area contributed by atoms with Crippen molar-refractivity contribution < 1.29 is 18.8 Å². The minimum Gasteiger partial charge on any atom is -0.381 e. The highest BCUT2D eigenvalue weighted by Crippen LogP contribution is 2.37. The highest BCUT2D eigenvalue weighted by molar-refractivity contribution is 5.80. The van der Waals surface area contributed by atoms with Crippen LogP contribution in [0.1, 0.15) is 18.5 Å². The van der Waals surface area contributed by atoms with Gasteiger partial charge in [-0.1, -0.05) is 6.07 Å². The van der Waals surface area contributed by atoms with Gasteiger partial charge in [0.05, 0.1) is 23.0 Å². The molecule has 11 heteroatoms. The molecule has 0 saturated carbocycles. The van der Waals surface area contributed by atoms with Crippen molar-refractivity contribution in [2.45, 2.75) is 25.1 Å². The van der Waals surface area contributed by atoms with Crippen LogP contribution < -0.4 is 0 Å². The third-order valence-electron chi connectivity index (χ3n) is 5.07. The average molecular weight is 414 g/mol. The van der Waals surface area contributed by atoms with E-state index in [-0.39, 0.29) is 17.8 Å². The van der Waals surface area contributed by atoms with Crippen LogP contribution in [0.25, 0.3) is 10.9 Å². The first-order chi connectivity index (χ1) is 14.3. The van der Waals surface area contributed by atoms with Gasteiger partial charge in [0.1, 0.15) is 29.9 Å². The average Bonchev–Trinajstić information content (AvgIpc) is 3.35. The molecule has 154 valence electrons. The molecule has 4 rings (SSSR count). The number of benzene rings is 2. The molecule has 9 nitrogen and oxygen atoms in total. The Labute approximate surface area is 168 Å². The number of nitro benzene ring substituents is 1. The molecule has 2 heterocycles. The Morgan fingerprint density at radius 2 is 2.07 bits per heavy atom. The van der Waals surface area contributed by atoms with Gasteiger partial charge in [0.2, 0.25) is 0 Å². The highest BCUT2D eigenvalue weighted by atomic mass is 19.1. The number of rotatable bonds is 6. The Hall–Kier alpha value is -3.73. The molecular formula is C19H16F2N6O3. The normalized spacial score (nSPS) is 14.5. The molecule has 0 saturated heterocycles. The van der Waals surface area contributed by atoms with E-state index in [2.05, 4.69) is 15.2 Å². The summed E-state index contributed by atoms with van der Waals surface area (Å²) in [6.07, 6.45) is 4.16. The van der Waals surface area contributed by atoms with E-state index >= 15 is 0 Å². The molecule has 2 aromatic heterocycles. The lowest BCUT2D eigenvalue weighted by Crippen LogP contribution is -2.40. The fourth-order valence-corrected chi connectivity index (χ4v) is 3.41. The van der Waals surface area contributed by atoms with Crippen molar-refractivity contribution in [3.8, 4) is 0 Å². The molecule has 0 radical (unpaired) electrons. The third-order valence-corrected chi connectivity index (χ3v) is 5.07. The molecule has 0 amide bonds. The van der Waals surface area contributed by atoms with Crippen molar-refractivity contribution in [2.24, 2.45) is 0 Å². The van der Waals surface area contributed by atoms with E-state index in [1.165, 1.54) is 52.5 Å². The van der Waals surface area contributed by atoms with Crippen LogP contribution in [0, 0.1) is 21.7 Å². The topological polar surface area (TPSA) is 112 Å². The monoisotopic (exact) mass is 414 g/mol. The zero-order valence-corrected chi connectivity index (χ0v) is 15.7. The molecular weight excluding hydrogens is 398 g/mol. The predicted molar refractivity (Wildman–Crippen MR) is 101 cm³/mol. The molecule has 4 aromatic rings. The van der Waals surface area contributed by atoms with Crippen LogP contribution in [0.5, 0.6) is 0 Å². The molecule has 0 aliphatic rings. The number of fused-ring (bicyclic) bond motifs is 1. The number of nitrogens with zero attached hydrogens (tertiary/aromatic N) is 6. The summed E-state index contributed by atoms with van der Waals surface area (Å²) in [6, 6.07) is 6.25. The fraction of sp³-hybridized carbons (Fsp3) is 0.211. The lowest BCUT2D eigenvalue weighted by molar-refractivity contribution is -0.384. The molecule has 0 fully saturated rings. The quantitative estimate of drug-likeness (QED) is 0.384. The Morgan fingerprint density at radius 3 is 2.73 bits per heavy atom. The first-order valence-electron chi connectivity index (χ1n) is 8.91. The summed E-state index contributed by atoms with van der Waals surface area (Å²) in [4.78, 5) is 14.3. The Kier molecular flexibility index (Phi) is 4.74. The molecule has 0 spiro atoms. The van der Waals surface area contributed by atoms with Crippen molar-refractivity contribution in [3.05, 3.63) is 82.6 Å². The van der Waals surface area contributed by atoms with Crippen LogP contribution in [0.3, 0.4) is 0 Å². The van der Waals surface area contributed by atoms with Crippen molar-refractivity contribution in [1.82, 2.24) is 24.5 Å². The predicted octanol–water partition coefficient (Wildman–Crippen LogP) is 2.96. The summed E-state index contributed by atoms with van der Waals surface area (Å²) in [6.45, 7) is 1.42. The zero-order chi connectivity index (χ0) is 21.5. The number of hydrogen-bond acceptors (Lipinski definition) is 6. The van der Waals surface area contributed by atoms with Crippen LogP contribution in [0.2, 0.25) is 0 Å². The van der Waals surface area contributed by atoms with Gasteiger partial charge >= 0.3 is 0 Å². The second kappa shape index (κ2) is 7.26. The van der Waals surface area contributed by atoms with Gasteiger partial charge in [0.25, 0.3) is 5.69 Å². The summed E-state index contributed by atoms with van der Waals surface area (Å²) in [5.74, 6) is -1.69. The SMILES string of the molecule is C[C@@H](n1cc2cc([N+](=O)[O-])ccc2n1)[C@](O)(Cn1cncn1)c1ccc(F)cc1F. The summed E-state index contributed by atoms with van der Waals surface area (Å²) in [5.41, 5.74) is -1.66. The number of non-ortho nitro benzene ring substituents is 1. The van der Waals surface area contributed by atoms with Gasteiger partial charge < -0.3 is 5.11 Å². The molecule has 0 aliphatic heterocycles. The van der Waals surface area contributed by atoms with Crippen LogP contribution in [0.15, 0.2) is 55.2 Å². The van der Waals surface area contributed by atoms with Crippen molar-refractivity contribution in [2.75, 3.05) is 0 Å². The molecule has 30 heavy (non-hydrogen) atoms. The minimum atomic E-state index is -1.89. The summed E-state index contributed by atoms with van der Waals surface area (Å²) in [7, 11) is 0. The lowest BCUT2D eigenvalue weighted by atomic mass is 9.86. The van der Waals surface area contributed by atoms with Gasteiger partial charge in [0, 0.05) is 35.3 Å². The fourth-order valence-electron chi connectivity index (χ4n) is 3.41. The maximum Gasteiger partial charge on any atom is 0.270 e. The maximum atomic E-state index is 14.6. The zero-order valence-electron chi connectivity index (χ0n) is 15.7. The van der Waals surface area contributed by atoms with Crippen molar-refractivity contribution in [3.63, 3.8) is 0 Å². The van der Waals surface area contributed by atoms with E-state index in [0.717, 1.165) is 6.07 Å². The summed E-state index contributed by atoms with van der Waals surface area (Å²) < 4.78 is 30.8. The Morgan fingerprint density at radius 1 is 1.27 bits per heavy atom. The first-order valence-corrected chi connectivity index (χ1v) is 8.91. The maximum absolute atomic E-state index is 14.6. The number of nitro groups is 1. The van der Waals surface area contributed by atoms with E-state index in [9.17, 15) is 24.0 Å². The van der Waals surface area contributed by atoms with Crippen molar-refractivity contribution in [1.29, 1.82) is 0 Å². The van der Waals surface area contributed by atoms with Gasteiger partial charge in [-0.05, 0) is 19.1 Å². The number of aromatic nitrogens is 5. The smallest absolute Gasteiger partial charge is 0.270 e. The Balaban J connectivity index is 1.82. The van der Waals surface area contributed by atoms with Crippen LogP contribution in [-0.2, 0) is 12.1 Å². The molecule has 2 atom stereocenters. The Bertz CT molecular complexity index is 1230. The number of hydrogen-bond donors (Lipinski definition) is 1. The first kappa shape index (κ1) is 19.6. The third kappa shape index (κ3) is 3.39. The van der Waals surface area contributed by atoms with Crippen LogP contribution in [0.4, 0.5) is 14.5 Å². The van der Waals surface area contributed by atoms with Gasteiger partial charge in [-0.25, -0.2) is 18.4 Å². The molecule has 0 aliphatic carbocycles. The van der Waals surface area contributed by atoms with Gasteiger partial charge in [-0.2, -0.15) is 10.2 Å². The largest absolute Gasteiger partial charge is 0.381 e. The summed E-state index contributed by atoms with van der Waals surface area (Å²) in [5, 5.41) is 31.4. The van der Waals surface area contributed by atoms with E-state index in [4.69, 9.17) is 0 Å². The van der Waals surface area contributed by atoms with E-state index in [0.29, 0.717) is 17.0 Å². The summed E-state index contributed by atoms with van der Waals surface area (Å²) >= 11 is 0. The van der Waals surface area contributed by atoms with Crippen molar-refractivity contribution >= 4 is 16.6 Å². The van der Waals surface area contributed by atoms with Crippen LogP contribution >= 0.6 is 0 Å². The standard InChI is InChI=1S/C19H16F2N6O3/c1-12(26-8-13-6-15(27(29)30)3-5-18(13)24-26)19(28,9-25-11-22-10-23-25)16-4-2-14(20)7-17(16)21/h2-8,10-12,28H,9H2,1H3/t12-,19-/m1/s1. The highest BCUT2D eigenvalue weighted by Gasteiger charge is 2.41. The van der Waals surface area contributed by atoms with Gasteiger partial charge in [-0.3, -0.25) is 14.8 Å². The van der Waals surface area contributed by atoms with E-state index in [1.807, 2.05) is 0 Å². The molecule has 0 bridgehead atoms. The second-order valence-electron chi connectivity index (χ2n) is 6.93. The molecule has 0 unspecified atom stereocenters. The lowest BCUT2D eigenvalue weighted by Gasteiger charge is -2.34. The molecule has 1 N–H and O–H groups in total. The van der Waals surface area contributed by atoms with E-state index in [1.54, 1.807) is 6.92 Å². The van der Waals surface area contributed by atoms with E-state index < -0.39 is 28.2 Å². The second-order valence-corrected chi connectivity index (χ2v) is 6.93. The van der Waals surface area contributed by atoms with Gasteiger partial charge in [0.15, 0.2) is 0 Å². The number of aliphatic hydroxyl groups is 1. The van der Waals surface area contributed by atoms with Gasteiger partial charge in [-0.15, -0.1) is 0 Å².